The fourth-order valence-electron chi connectivity index (χ4n) is 1.46. The molecule has 2 N–H and O–H groups in total. The zero-order valence-electron chi connectivity index (χ0n) is 13.3. The van der Waals surface area contributed by atoms with Gasteiger partial charge in [0.05, 0.1) is 11.1 Å². The standard InChI is InChI=1S/C7H11BrN2O.C7H12N2O/c1-7(2,3)10-4-5(8)6(11)9-10;1-7(2,3)9-5-4-6(10)8-9/h4H,1-3H3,(H,9,11);4-5H,1-3H3,(H,8,10). The van der Waals surface area contributed by atoms with Gasteiger partial charge in [-0.05, 0) is 57.5 Å². The highest BCUT2D eigenvalue weighted by atomic mass is 79.9. The summed E-state index contributed by atoms with van der Waals surface area (Å²) in [4.78, 5) is 21.6. The molecule has 0 unspecified atom stereocenters. The summed E-state index contributed by atoms with van der Waals surface area (Å²) in [7, 11) is 0. The van der Waals surface area contributed by atoms with E-state index in [4.69, 9.17) is 0 Å². The molecule has 0 bridgehead atoms. The van der Waals surface area contributed by atoms with Gasteiger partial charge in [-0.15, -0.1) is 0 Å². The van der Waals surface area contributed by atoms with Crippen LogP contribution >= 0.6 is 15.9 Å². The quantitative estimate of drug-likeness (QED) is 0.759. The second kappa shape index (κ2) is 6.09. The van der Waals surface area contributed by atoms with Crippen molar-refractivity contribution in [2.75, 3.05) is 0 Å². The Morgan fingerprint density at radius 3 is 1.67 bits per heavy atom. The molecule has 0 amide bonds. The highest BCUT2D eigenvalue weighted by Crippen LogP contribution is 2.13. The smallest absolute Gasteiger partial charge is 0.278 e. The number of aromatic amines is 2. The summed E-state index contributed by atoms with van der Waals surface area (Å²) >= 11 is 3.14. The van der Waals surface area contributed by atoms with Gasteiger partial charge in [0, 0.05) is 18.5 Å². The van der Waals surface area contributed by atoms with Crippen LogP contribution in [0.2, 0.25) is 0 Å². The highest BCUT2D eigenvalue weighted by Gasteiger charge is 2.14. The molecule has 0 saturated carbocycles. The molecule has 0 atom stereocenters. The molecule has 0 saturated heterocycles. The maximum Gasteiger partial charge on any atom is 0.278 e. The van der Waals surface area contributed by atoms with Crippen molar-refractivity contribution in [1.29, 1.82) is 0 Å². The van der Waals surface area contributed by atoms with Crippen LogP contribution in [0.4, 0.5) is 0 Å². The van der Waals surface area contributed by atoms with E-state index in [1.807, 2.05) is 41.5 Å². The number of halogens is 1. The second-order valence-electron chi connectivity index (χ2n) is 6.79. The maximum absolute atomic E-state index is 11.0. The summed E-state index contributed by atoms with van der Waals surface area (Å²) in [5.41, 5.74) is -0.219. The molecule has 0 aliphatic rings. The monoisotopic (exact) mass is 358 g/mol. The molecule has 0 fully saturated rings. The molecule has 2 aromatic heterocycles. The second-order valence-corrected chi connectivity index (χ2v) is 7.65. The van der Waals surface area contributed by atoms with Crippen LogP contribution in [-0.4, -0.2) is 19.6 Å². The molecule has 0 spiro atoms. The van der Waals surface area contributed by atoms with E-state index in [9.17, 15) is 9.59 Å². The van der Waals surface area contributed by atoms with Gasteiger partial charge in [0.2, 0.25) is 0 Å². The topological polar surface area (TPSA) is 75.6 Å². The van der Waals surface area contributed by atoms with Gasteiger partial charge in [0.15, 0.2) is 0 Å². The Hall–Kier alpha value is -1.50. The summed E-state index contributed by atoms with van der Waals surface area (Å²) in [5.74, 6) is 0. The van der Waals surface area contributed by atoms with Crippen LogP contribution in [0.15, 0.2) is 32.5 Å². The summed E-state index contributed by atoms with van der Waals surface area (Å²) in [6.45, 7) is 12.2. The third-order valence-corrected chi connectivity index (χ3v) is 3.30. The van der Waals surface area contributed by atoms with Gasteiger partial charge in [0.25, 0.3) is 11.1 Å². The van der Waals surface area contributed by atoms with Crippen LogP contribution in [0.1, 0.15) is 41.5 Å². The van der Waals surface area contributed by atoms with Crippen LogP contribution in [0.25, 0.3) is 0 Å². The first-order valence-corrected chi connectivity index (χ1v) is 7.46. The van der Waals surface area contributed by atoms with Crippen LogP contribution in [0.3, 0.4) is 0 Å². The van der Waals surface area contributed by atoms with E-state index in [1.54, 1.807) is 21.8 Å². The van der Waals surface area contributed by atoms with E-state index in [0.29, 0.717) is 4.47 Å². The van der Waals surface area contributed by atoms with Crippen LogP contribution in [-0.2, 0) is 11.1 Å². The van der Waals surface area contributed by atoms with E-state index in [-0.39, 0.29) is 22.2 Å². The maximum atomic E-state index is 11.0. The number of rotatable bonds is 0. The van der Waals surface area contributed by atoms with Crippen LogP contribution < -0.4 is 11.1 Å². The molecular weight excluding hydrogens is 336 g/mol. The minimum absolute atomic E-state index is 0.0251. The van der Waals surface area contributed by atoms with Gasteiger partial charge in [-0.1, -0.05) is 0 Å². The number of nitrogens with one attached hydrogen (secondary N) is 2. The third kappa shape index (κ3) is 5.08. The molecule has 2 aromatic rings. The van der Waals surface area contributed by atoms with Crippen LogP contribution in [0, 0.1) is 0 Å². The Balaban J connectivity index is 0.000000211. The normalized spacial score (nSPS) is 12.0. The summed E-state index contributed by atoms with van der Waals surface area (Å²) in [6.07, 6.45) is 3.50. The lowest BCUT2D eigenvalue weighted by atomic mass is 10.1. The Morgan fingerprint density at radius 1 is 0.952 bits per heavy atom. The van der Waals surface area contributed by atoms with E-state index in [0.717, 1.165) is 0 Å². The lowest BCUT2D eigenvalue weighted by Gasteiger charge is -2.19. The van der Waals surface area contributed by atoms with Gasteiger partial charge in [0.1, 0.15) is 4.47 Å². The number of aromatic nitrogens is 4. The van der Waals surface area contributed by atoms with Crippen molar-refractivity contribution >= 4 is 15.9 Å². The van der Waals surface area contributed by atoms with Crippen molar-refractivity contribution < 1.29 is 0 Å². The number of hydrogen-bond donors (Lipinski definition) is 2. The molecule has 0 aliphatic carbocycles. The zero-order chi connectivity index (χ0) is 16.4. The van der Waals surface area contributed by atoms with Gasteiger partial charge in [-0.2, -0.15) is 0 Å². The van der Waals surface area contributed by atoms with Crippen molar-refractivity contribution in [2.24, 2.45) is 0 Å². The predicted octanol–water partition coefficient (Wildman–Crippen LogP) is 2.63. The van der Waals surface area contributed by atoms with Crippen molar-refractivity contribution in [2.45, 2.75) is 52.6 Å². The largest absolute Gasteiger partial charge is 0.287 e. The lowest BCUT2D eigenvalue weighted by molar-refractivity contribution is 0.353. The average Bonchev–Trinajstić information content (AvgIpc) is 2.86. The van der Waals surface area contributed by atoms with E-state index >= 15 is 0 Å². The van der Waals surface area contributed by atoms with Crippen molar-refractivity contribution in [3.05, 3.63) is 43.6 Å². The molecule has 2 rings (SSSR count). The molecule has 21 heavy (non-hydrogen) atoms. The van der Waals surface area contributed by atoms with Gasteiger partial charge in [-0.25, -0.2) is 0 Å². The van der Waals surface area contributed by atoms with Gasteiger partial charge in [-0.3, -0.25) is 29.2 Å². The molecule has 0 aliphatic heterocycles. The summed E-state index contributed by atoms with van der Waals surface area (Å²) in [5, 5.41) is 5.38. The molecule has 7 heteroatoms. The Labute approximate surface area is 132 Å². The summed E-state index contributed by atoms with van der Waals surface area (Å²) in [6, 6.07) is 1.52. The number of hydrogen-bond acceptors (Lipinski definition) is 2. The molecule has 2 heterocycles. The SMILES string of the molecule is CC(C)(C)n1cc(Br)c(=O)[nH]1.CC(C)(C)n1ccc(=O)[nH]1. The Morgan fingerprint density at radius 2 is 1.48 bits per heavy atom. The molecule has 6 nitrogen and oxygen atoms in total. The number of nitrogens with zero attached hydrogens (tertiary/aromatic N) is 2. The zero-order valence-corrected chi connectivity index (χ0v) is 14.9. The van der Waals surface area contributed by atoms with E-state index in [2.05, 4.69) is 26.1 Å². The third-order valence-electron chi connectivity index (χ3n) is 2.73. The minimum atomic E-state index is -0.0834. The molecule has 118 valence electrons. The minimum Gasteiger partial charge on any atom is -0.287 e. The fourth-order valence-corrected chi connectivity index (χ4v) is 1.75. The van der Waals surface area contributed by atoms with E-state index in [1.165, 1.54) is 6.07 Å². The fraction of sp³-hybridized carbons (Fsp3) is 0.571. The molecule has 0 aromatic carbocycles. The van der Waals surface area contributed by atoms with Gasteiger partial charge < -0.3 is 0 Å². The van der Waals surface area contributed by atoms with Crippen molar-refractivity contribution in [1.82, 2.24) is 19.6 Å². The predicted molar refractivity (Wildman–Crippen MR) is 87.8 cm³/mol. The molecular formula is C14H23BrN4O2. The highest BCUT2D eigenvalue weighted by molar-refractivity contribution is 9.10. The van der Waals surface area contributed by atoms with Crippen molar-refractivity contribution in [3.8, 4) is 0 Å². The molecule has 0 radical (unpaired) electrons. The van der Waals surface area contributed by atoms with Crippen molar-refractivity contribution in [3.63, 3.8) is 0 Å². The van der Waals surface area contributed by atoms with Gasteiger partial charge >= 0.3 is 0 Å². The Bertz CT molecular complexity index is 692. The Kier molecular flexibility index (Phi) is 5.09. The first kappa shape index (κ1) is 17.6. The van der Waals surface area contributed by atoms with Crippen LogP contribution in [0.5, 0.6) is 0 Å². The van der Waals surface area contributed by atoms with E-state index < -0.39 is 0 Å². The lowest BCUT2D eigenvalue weighted by Crippen LogP contribution is -2.23. The number of H-pyrrole nitrogens is 2. The first-order valence-electron chi connectivity index (χ1n) is 6.67. The summed E-state index contributed by atoms with van der Waals surface area (Å²) < 4.78 is 4.14. The average molecular weight is 359 g/mol. The first-order chi connectivity index (χ1) is 9.41.